The van der Waals surface area contributed by atoms with E-state index in [-0.39, 0.29) is 10.8 Å². The van der Waals surface area contributed by atoms with Crippen LogP contribution in [0.2, 0.25) is 46.3 Å². The average Bonchev–Trinajstić information content (AvgIpc) is 2.57. The maximum atomic E-state index is 7.76. The third kappa shape index (κ3) is 5.55. The summed E-state index contributed by atoms with van der Waals surface area (Å²) < 4.78 is 7.76. The molecular weight excluding hydrogens is 526 g/mol. The van der Waals surface area contributed by atoms with Crippen molar-refractivity contribution >= 4 is 64.0 Å². The molecule has 0 aliphatic heterocycles. The van der Waals surface area contributed by atoms with Gasteiger partial charge in [0, 0.05) is 20.1 Å². The van der Waals surface area contributed by atoms with Crippen LogP contribution in [0.5, 0.6) is 0 Å². The first-order valence-electron chi connectivity index (χ1n) is 11.5. The summed E-state index contributed by atoms with van der Waals surface area (Å²) in [5.74, 6) is 0. The van der Waals surface area contributed by atoms with Crippen molar-refractivity contribution in [2.24, 2.45) is 10.8 Å². The largest absolute Gasteiger partial charge is 0.366 e. The molecule has 0 saturated carbocycles. The van der Waals surface area contributed by atoms with Crippen molar-refractivity contribution < 1.29 is 4.74 Å². The molecule has 0 fully saturated rings. The van der Waals surface area contributed by atoms with Crippen LogP contribution < -0.4 is 0 Å². The third-order valence-electron chi connectivity index (χ3n) is 6.76. The Labute approximate surface area is 224 Å². The first-order chi connectivity index (χ1) is 14.9. The van der Waals surface area contributed by atoms with Gasteiger partial charge in [0.25, 0.3) is 0 Å². The van der Waals surface area contributed by atoms with E-state index < -0.39 is 28.0 Å². The van der Waals surface area contributed by atoms with Crippen LogP contribution in [-0.2, 0) is 15.2 Å². The van der Waals surface area contributed by atoms with Crippen molar-refractivity contribution in [3.8, 4) is 0 Å². The fourth-order valence-electron chi connectivity index (χ4n) is 5.71. The number of hydrogen-bond donors (Lipinski definition) is 0. The third-order valence-corrected chi connectivity index (χ3v) is 13.5. The van der Waals surface area contributed by atoms with Crippen LogP contribution in [-0.4, -0.2) is 17.6 Å². The van der Waals surface area contributed by atoms with Gasteiger partial charge in [0.2, 0.25) is 0 Å². The van der Waals surface area contributed by atoms with Crippen LogP contribution in [0.3, 0.4) is 0 Å². The van der Waals surface area contributed by atoms with Gasteiger partial charge in [-0.05, 0) is 58.4 Å². The number of ether oxygens (including phenoxy) is 1. The van der Waals surface area contributed by atoms with Crippen molar-refractivity contribution in [3.63, 3.8) is 0 Å². The molecular formula is C26H38Cl4OSi2. The summed E-state index contributed by atoms with van der Waals surface area (Å²) in [4.78, 5) is 0. The molecule has 2 aromatic carbocycles. The molecule has 0 spiro atoms. The molecule has 2 aromatic rings. The first kappa shape index (κ1) is 29.2. The van der Waals surface area contributed by atoms with Crippen molar-refractivity contribution in [1.82, 2.24) is 0 Å². The predicted octanol–water partition coefficient (Wildman–Crippen LogP) is 9.55. The van der Waals surface area contributed by atoms with E-state index in [1.165, 1.54) is 0 Å². The predicted molar refractivity (Wildman–Crippen MR) is 154 cm³/mol. The Hall–Kier alpha value is -0.00623. The van der Waals surface area contributed by atoms with Crippen LogP contribution in [0.4, 0.5) is 0 Å². The number of benzene rings is 2. The van der Waals surface area contributed by atoms with E-state index in [9.17, 15) is 0 Å². The van der Waals surface area contributed by atoms with Gasteiger partial charge < -0.3 is 4.74 Å². The molecule has 0 aliphatic rings. The maximum absolute atomic E-state index is 7.76. The van der Waals surface area contributed by atoms with Gasteiger partial charge >= 0.3 is 0 Å². The Morgan fingerprint density at radius 2 is 0.758 bits per heavy atom. The second-order valence-corrected chi connectivity index (χ2v) is 19.7. The summed E-state index contributed by atoms with van der Waals surface area (Å²) in [5.41, 5.74) is 1.66. The Balaban J connectivity index is 3.03. The molecule has 0 aliphatic carbocycles. The van der Waals surface area contributed by atoms with E-state index in [2.05, 4.69) is 67.7 Å². The van der Waals surface area contributed by atoms with Crippen molar-refractivity contribution in [3.05, 3.63) is 67.6 Å². The first-order valence-corrected chi connectivity index (χ1v) is 18.8. The van der Waals surface area contributed by atoms with E-state index in [1.54, 1.807) is 12.1 Å². The van der Waals surface area contributed by atoms with Gasteiger partial charge in [0.1, 0.15) is 0 Å². The molecule has 2 atom stereocenters. The van der Waals surface area contributed by atoms with Crippen LogP contribution in [0.1, 0.15) is 52.7 Å². The molecule has 0 bridgehead atoms. The Morgan fingerprint density at radius 3 is 0.939 bits per heavy atom. The summed E-state index contributed by atoms with van der Waals surface area (Å²) in [7, 11) is -3.12. The average molecular weight is 565 g/mol. The van der Waals surface area contributed by atoms with E-state index in [1.807, 2.05) is 24.3 Å². The van der Waals surface area contributed by atoms with Crippen molar-refractivity contribution in [1.29, 1.82) is 0 Å². The lowest BCUT2D eigenvalue weighted by Crippen LogP contribution is -2.62. The minimum absolute atomic E-state index is 0.219. The van der Waals surface area contributed by atoms with Gasteiger partial charge in [-0.15, -0.1) is 0 Å². The highest BCUT2D eigenvalue weighted by atomic mass is 35.5. The molecule has 0 N–H and O–H groups in total. The molecule has 0 amide bonds. The number of halogens is 4. The highest BCUT2D eigenvalue weighted by Gasteiger charge is 2.58. The van der Waals surface area contributed by atoms with Crippen LogP contribution in [0.15, 0.2) is 36.4 Å². The van der Waals surface area contributed by atoms with Gasteiger partial charge in [-0.3, -0.25) is 0 Å². The summed E-state index contributed by atoms with van der Waals surface area (Å²) in [6.07, 6.45) is 0. The van der Waals surface area contributed by atoms with Gasteiger partial charge in [0.05, 0.1) is 28.0 Å². The van der Waals surface area contributed by atoms with E-state index >= 15 is 0 Å². The standard InChI is InChI=1S/C26H38Cl4OSi2/c1-23(2,3)25(32(7)8,17-11-19(27)15-20(28)12-17)31-26(33(9)10,24(4,5)6)18-13-21(29)16-22(30)14-18/h11-16,32-33H,1-10H3. The monoisotopic (exact) mass is 562 g/mol. The van der Waals surface area contributed by atoms with Crippen LogP contribution in [0.25, 0.3) is 0 Å². The lowest BCUT2D eigenvalue weighted by molar-refractivity contribution is -0.175. The van der Waals surface area contributed by atoms with Crippen molar-refractivity contribution in [2.45, 2.75) is 78.2 Å². The van der Waals surface area contributed by atoms with Gasteiger partial charge in [-0.25, -0.2) is 0 Å². The molecule has 2 rings (SSSR count). The second kappa shape index (κ2) is 10.2. The highest BCUT2D eigenvalue weighted by Crippen LogP contribution is 2.56. The normalized spacial score (nSPS) is 16.7. The molecule has 33 heavy (non-hydrogen) atoms. The van der Waals surface area contributed by atoms with E-state index in [4.69, 9.17) is 51.1 Å². The zero-order chi connectivity index (χ0) is 25.6. The van der Waals surface area contributed by atoms with E-state index in [0.717, 1.165) is 11.1 Å². The second-order valence-electron chi connectivity index (χ2n) is 11.7. The minimum Gasteiger partial charge on any atom is -0.366 e. The summed E-state index contributed by atoms with van der Waals surface area (Å²) >= 11 is 26.2. The van der Waals surface area contributed by atoms with Crippen molar-refractivity contribution in [2.75, 3.05) is 0 Å². The Bertz CT molecular complexity index is 875. The van der Waals surface area contributed by atoms with Gasteiger partial charge in [-0.2, -0.15) is 0 Å². The SMILES string of the molecule is C[SiH](C)C(OC(c1cc(Cl)cc(Cl)c1)([SiH](C)C)C(C)(C)C)(c1cc(Cl)cc(Cl)c1)C(C)(C)C. The zero-order valence-corrected chi connectivity index (χ0v) is 26.9. The van der Waals surface area contributed by atoms with Gasteiger partial charge in [-0.1, -0.05) is 114 Å². The summed E-state index contributed by atoms with van der Waals surface area (Å²) in [5, 5.41) is 1.38. The molecule has 0 saturated heterocycles. The van der Waals surface area contributed by atoms with E-state index in [0.29, 0.717) is 20.1 Å². The minimum atomic E-state index is -1.56. The summed E-state index contributed by atoms with van der Waals surface area (Å²) in [6.45, 7) is 22.9. The molecule has 1 nitrogen and oxygen atoms in total. The Morgan fingerprint density at radius 1 is 0.515 bits per heavy atom. The molecule has 7 heteroatoms. The molecule has 2 unspecified atom stereocenters. The zero-order valence-electron chi connectivity index (χ0n) is 21.5. The fraction of sp³-hybridized carbons (Fsp3) is 0.538. The fourth-order valence-corrected chi connectivity index (χ4v) is 12.9. The lowest BCUT2D eigenvalue weighted by atomic mass is 9.80. The topological polar surface area (TPSA) is 9.23 Å². The molecule has 0 heterocycles. The maximum Gasteiger partial charge on any atom is 0.0842 e. The smallest absolute Gasteiger partial charge is 0.0842 e. The summed E-state index contributed by atoms with van der Waals surface area (Å²) in [6, 6.07) is 11.7. The Kier molecular flexibility index (Phi) is 9.00. The molecule has 184 valence electrons. The highest BCUT2D eigenvalue weighted by molar-refractivity contribution is 6.61. The molecule has 0 aromatic heterocycles. The van der Waals surface area contributed by atoms with Crippen LogP contribution >= 0.6 is 46.4 Å². The molecule has 0 radical (unpaired) electrons. The number of rotatable bonds is 6. The number of hydrogen-bond acceptors (Lipinski definition) is 1. The lowest BCUT2D eigenvalue weighted by Gasteiger charge is -2.58. The van der Waals surface area contributed by atoms with Gasteiger partial charge in [0.15, 0.2) is 0 Å². The van der Waals surface area contributed by atoms with Crippen LogP contribution in [0, 0.1) is 10.8 Å². The quantitative estimate of drug-likeness (QED) is 0.318.